The molecule has 13 heteroatoms. The molecule has 5 N–H and O–H groups in total. The van der Waals surface area contributed by atoms with Gasteiger partial charge < -0.3 is 26.6 Å². The van der Waals surface area contributed by atoms with E-state index in [-0.39, 0.29) is 30.0 Å². The van der Waals surface area contributed by atoms with Crippen LogP contribution >= 0.6 is 0 Å². The van der Waals surface area contributed by atoms with Gasteiger partial charge in [0.2, 0.25) is 23.7 Å². The molecule has 0 radical (unpaired) electrons. The van der Waals surface area contributed by atoms with Crippen LogP contribution in [-0.2, 0) is 27.3 Å². The maximum Gasteiger partial charge on any atom is 0.243 e. The molecule has 0 saturated carbocycles. The highest BCUT2D eigenvalue weighted by atomic mass is 19.1. The van der Waals surface area contributed by atoms with E-state index in [2.05, 4.69) is 41.7 Å². The van der Waals surface area contributed by atoms with Gasteiger partial charge in [-0.15, -0.1) is 0 Å². The van der Waals surface area contributed by atoms with Gasteiger partial charge in [0.1, 0.15) is 23.7 Å². The number of amides is 3. The van der Waals surface area contributed by atoms with Gasteiger partial charge in [-0.2, -0.15) is 10.1 Å². The Kier molecular flexibility index (Phi) is 9.71. The van der Waals surface area contributed by atoms with Gasteiger partial charge in [-0.05, 0) is 51.0 Å². The topological polar surface area (TPSA) is 155 Å². The number of halogens is 1. The van der Waals surface area contributed by atoms with Gasteiger partial charge in [-0.25, -0.2) is 14.1 Å². The number of nitrogens with one attached hydrogen (secondary N) is 5. The van der Waals surface area contributed by atoms with E-state index < -0.39 is 18.0 Å². The molecule has 3 amide bonds. The molecule has 0 unspecified atom stereocenters. The van der Waals surface area contributed by atoms with E-state index >= 15 is 0 Å². The van der Waals surface area contributed by atoms with Crippen LogP contribution in [-0.4, -0.2) is 62.6 Å². The van der Waals surface area contributed by atoms with E-state index in [9.17, 15) is 18.8 Å². The van der Waals surface area contributed by atoms with Crippen LogP contribution in [0.15, 0.2) is 30.3 Å². The van der Waals surface area contributed by atoms with Crippen molar-refractivity contribution >= 4 is 29.5 Å². The van der Waals surface area contributed by atoms with Gasteiger partial charge in [0, 0.05) is 55.5 Å². The molecule has 1 aliphatic heterocycles. The van der Waals surface area contributed by atoms with Gasteiger partial charge in [-0.1, -0.05) is 13.8 Å². The van der Waals surface area contributed by atoms with Gasteiger partial charge >= 0.3 is 0 Å². The molecule has 42 heavy (non-hydrogen) atoms. The summed E-state index contributed by atoms with van der Waals surface area (Å²) in [6.45, 7) is 10.1. The van der Waals surface area contributed by atoms with Crippen LogP contribution in [0.4, 0.5) is 16.2 Å². The minimum absolute atomic E-state index is 0.121. The molecular formula is C29H38FN9O3. The Morgan fingerprint density at radius 2 is 1.71 bits per heavy atom. The largest absolute Gasteiger partial charge is 0.369 e. The highest BCUT2D eigenvalue weighted by Crippen LogP contribution is 2.20. The van der Waals surface area contributed by atoms with Crippen LogP contribution in [0.5, 0.6) is 0 Å². The molecule has 2 aromatic heterocycles. The van der Waals surface area contributed by atoms with Crippen molar-refractivity contribution < 1.29 is 18.8 Å². The number of carbonyl (C=O) groups excluding carboxylic acids is 3. The maximum absolute atomic E-state index is 13.4. The van der Waals surface area contributed by atoms with Gasteiger partial charge in [0.15, 0.2) is 0 Å². The molecule has 0 fully saturated rings. The lowest BCUT2D eigenvalue weighted by molar-refractivity contribution is -0.132. The zero-order chi connectivity index (χ0) is 30.4. The summed E-state index contributed by atoms with van der Waals surface area (Å²) >= 11 is 0. The van der Waals surface area contributed by atoms with Crippen LogP contribution < -0.4 is 26.6 Å². The van der Waals surface area contributed by atoms with Crippen molar-refractivity contribution in [2.45, 2.75) is 66.1 Å². The van der Waals surface area contributed by atoms with Gasteiger partial charge in [-0.3, -0.25) is 14.4 Å². The third-order valence-corrected chi connectivity index (χ3v) is 7.07. The summed E-state index contributed by atoms with van der Waals surface area (Å²) in [4.78, 5) is 47.2. The van der Waals surface area contributed by atoms with Crippen molar-refractivity contribution in [3.63, 3.8) is 0 Å². The normalized spacial score (nSPS) is 18.6. The Labute approximate surface area is 244 Å². The van der Waals surface area contributed by atoms with E-state index in [4.69, 9.17) is 0 Å². The predicted molar refractivity (Wildman–Crippen MR) is 157 cm³/mol. The van der Waals surface area contributed by atoms with E-state index in [0.717, 1.165) is 22.6 Å². The quantitative estimate of drug-likeness (QED) is 0.308. The van der Waals surface area contributed by atoms with Crippen LogP contribution in [0.2, 0.25) is 0 Å². The Bertz CT molecular complexity index is 1440. The molecule has 0 aliphatic carbocycles. The number of hydrogen-bond donors (Lipinski definition) is 5. The molecular weight excluding hydrogens is 541 g/mol. The number of hydrogen-bond acceptors (Lipinski definition) is 8. The highest BCUT2D eigenvalue weighted by Gasteiger charge is 2.27. The molecule has 1 aromatic carbocycles. The van der Waals surface area contributed by atoms with Crippen LogP contribution in [0.25, 0.3) is 5.69 Å². The zero-order valence-corrected chi connectivity index (χ0v) is 24.5. The summed E-state index contributed by atoms with van der Waals surface area (Å²) in [6, 6.07) is 6.40. The first kappa shape index (κ1) is 30.4. The zero-order valence-electron chi connectivity index (χ0n) is 24.5. The number of nitrogens with zero attached hydrogens (tertiary/aromatic N) is 4. The van der Waals surface area contributed by atoms with E-state index in [1.165, 1.54) is 12.1 Å². The standard InChI is InChI=1S/C29H38FN9O3/c1-16(2)26-28(42)34-18(4)27(41)32-12-10-21-14-24(31-13-11-25(40)37-26)36-29(35-21)33-15-23-17(3)38-39(19(23)5)22-8-6-20(30)7-9-22/h6-9,14,16,18,26H,10-13,15H2,1-5H3,(H,32,41)(H,34,42)(H,37,40)(H2,31,33,35,36)/t18-,26+/m0/s1. The van der Waals surface area contributed by atoms with Gasteiger partial charge in [0.25, 0.3) is 0 Å². The number of fused-ring (bicyclic) bond motifs is 2. The third kappa shape index (κ3) is 7.59. The molecule has 2 atom stereocenters. The predicted octanol–water partition coefficient (Wildman–Crippen LogP) is 2.15. The summed E-state index contributed by atoms with van der Waals surface area (Å²) in [7, 11) is 0. The number of aromatic nitrogens is 4. The summed E-state index contributed by atoms with van der Waals surface area (Å²) in [5.41, 5.74) is 4.11. The second-order valence-electron chi connectivity index (χ2n) is 10.7. The first-order valence-electron chi connectivity index (χ1n) is 14.1. The molecule has 3 heterocycles. The molecule has 224 valence electrons. The smallest absolute Gasteiger partial charge is 0.243 e. The van der Waals surface area contributed by atoms with Crippen molar-refractivity contribution in [3.05, 3.63) is 58.8 Å². The lowest BCUT2D eigenvalue weighted by atomic mass is 10.0. The Balaban J connectivity index is 1.52. The Hall–Kier alpha value is -4.55. The van der Waals surface area contributed by atoms with Crippen LogP contribution in [0.1, 0.15) is 49.8 Å². The lowest BCUT2D eigenvalue weighted by Crippen LogP contribution is -2.54. The number of rotatable bonds is 5. The first-order valence-corrected chi connectivity index (χ1v) is 14.1. The molecule has 0 spiro atoms. The number of benzene rings is 1. The third-order valence-electron chi connectivity index (χ3n) is 7.07. The van der Waals surface area contributed by atoms with Crippen molar-refractivity contribution in [1.82, 2.24) is 35.7 Å². The fourth-order valence-electron chi connectivity index (χ4n) is 4.65. The first-order chi connectivity index (χ1) is 20.0. The van der Waals surface area contributed by atoms with Gasteiger partial charge in [0.05, 0.1) is 11.4 Å². The molecule has 12 nitrogen and oxygen atoms in total. The second kappa shape index (κ2) is 13.4. The molecule has 0 saturated heterocycles. The van der Waals surface area contributed by atoms with Crippen molar-refractivity contribution in [2.24, 2.45) is 5.92 Å². The van der Waals surface area contributed by atoms with Crippen molar-refractivity contribution in [2.75, 3.05) is 23.7 Å². The molecule has 3 aromatic rings. The Morgan fingerprint density at radius 3 is 2.43 bits per heavy atom. The Morgan fingerprint density at radius 1 is 1.00 bits per heavy atom. The SMILES string of the molecule is Cc1nn(-c2ccc(F)cc2)c(C)c1CNc1nc2cc(n1)NCCC(=O)N[C@H](C(C)C)C(=O)N[C@@H](C)C(=O)NCC2. The van der Waals surface area contributed by atoms with Crippen molar-refractivity contribution in [3.8, 4) is 5.69 Å². The minimum atomic E-state index is -0.772. The van der Waals surface area contributed by atoms with E-state index in [0.29, 0.717) is 43.5 Å². The fourth-order valence-corrected chi connectivity index (χ4v) is 4.65. The second-order valence-corrected chi connectivity index (χ2v) is 10.7. The monoisotopic (exact) mass is 579 g/mol. The van der Waals surface area contributed by atoms with Crippen molar-refractivity contribution in [1.29, 1.82) is 0 Å². The average molecular weight is 580 g/mol. The summed E-state index contributed by atoms with van der Waals surface area (Å²) in [5, 5.41) is 19.4. The number of carbonyl (C=O) groups is 3. The van der Waals surface area contributed by atoms with Crippen LogP contribution in [0.3, 0.4) is 0 Å². The summed E-state index contributed by atoms with van der Waals surface area (Å²) in [6.07, 6.45) is 0.545. The van der Waals surface area contributed by atoms with E-state index in [1.54, 1.807) is 29.8 Å². The average Bonchev–Trinajstić information content (AvgIpc) is 3.22. The number of aryl methyl sites for hydroxylation is 1. The van der Waals surface area contributed by atoms with E-state index in [1.807, 2.05) is 27.7 Å². The molecule has 2 bridgehead atoms. The fraction of sp³-hybridized carbons (Fsp3) is 0.448. The lowest BCUT2D eigenvalue weighted by Gasteiger charge is -2.24. The summed E-state index contributed by atoms with van der Waals surface area (Å²) < 4.78 is 15.2. The minimum Gasteiger partial charge on any atom is -0.369 e. The highest BCUT2D eigenvalue weighted by molar-refractivity contribution is 5.92. The van der Waals surface area contributed by atoms with Crippen LogP contribution in [0, 0.1) is 25.6 Å². The number of anilines is 2. The maximum atomic E-state index is 13.4. The summed E-state index contributed by atoms with van der Waals surface area (Å²) in [5.74, 6) is -0.607. The molecule has 1 aliphatic rings. The molecule has 4 rings (SSSR count).